The molecule has 200 valence electrons. The Morgan fingerprint density at radius 1 is 1.13 bits per heavy atom. The van der Waals surface area contributed by atoms with E-state index in [0.717, 1.165) is 78.6 Å². The van der Waals surface area contributed by atoms with Gasteiger partial charge in [0.2, 0.25) is 0 Å². The number of benzene rings is 2. The molecule has 7 heteroatoms. The van der Waals surface area contributed by atoms with Crippen LogP contribution >= 0.6 is 0 Å². The first-order valence-electron chi connectivity index (χ1n) is 13.5. The minimum Gasteiger partial charge on any atom is -0.507 e. The molecule has 3 N–H and O–H groups in total. The number of likely N-dealkylation sites (tertiary alicyclic amines) is 1. The van der Waals surface area contributed by atoms with Crippen LogP contribution in [0.3, 0.4) is 0 Å². The number of aromatic amines is 1. The average Bonchev–Trinajstić information content (AvgIpc) is 3.38. The Kier molecular flexibility index (Phi) is 7.30. The van der Waals surface area contributed by atoms with Crippen LogP contribution in [0.1, 0.15) is 56.7 Å². The lowest BCUT2D eigenvalue weighted by Crippen LogP contribution is -2.42. The van der Waals surface area contributed by atoms with Gasteiger partial charge in [-0.3, -0.25) is 4.79 Å². The van der Waals surface area contributed by atoms with Crippen molar-refractivity contribution in [2.45, 2.75) is 58.6 Å². The van der Waals surface area contributed by atoms with Crippen LogP contribution in [-0.4, -0.2) is 46.3 Å². The van der Waals surface area contributed by atoms with Crippen molar-refractivity contribution in [2.75, 3.05) is 19.6 Å². The molecule has 1 aliphatic carbocycles. The molecule has 0 bridgehead atoms. The van der Waals surface area contributed by atoms with Gasteiger partial charge < -0.3 is 25.0 Å². The molecule has 3 aromatic rings. The molecule has 0 saturated carbocycles. The summed E-state index contributed by atoms with van der Waals surface area (Å²) in [5.41, 5.74) is 4.70. The van der Waals surface area contributed by atoms with E-state index in [-0.39, 0.29) is 17.4 Å². The van der Waals surface area contributed by atoms with Crippen LogP contribution in [-0.2, 0) is 17.7 Å². The molecule has 2 aliphatic rings. The smallest absolute Gasteiger partial charge is 0.410 e. The molecule has 5 rings (SSSR count). The lowest BCUT2D eigenvalue weighted by atomic mass is 9.93. The molecule has 7 nitrogen and oxygen atoms in total. The molecule has 0 radical (unpaired) electrons. The van der Waals surface area contributed by atoms with Gasteiger partial charge in [-0.15, -0.1) is 0 Å². The van der Waals surface area contributed by atoms with Gasteiger partial charge in [-0.1, -0.05) is 36.4 Å². The minimum absolute atomic E-state index is 0.0656. The first-order valence-corrected chi connectivity index (χ1v) is 13.5. The summed E-state index contributed by atoms with van der Waals surface area (Å²) in [4.78, 5) is 29.5. The fraction of sp³-hybridized carbons (Fsp3) is 0.419. The van der Waals surface area contributed by atoms with Gasteiger partial charge in [0.25, 0.3) is 5.56 Å². The lowest BCUT2D eigenvalue weighted by Gasteiger charge is -2.33. The van der Waals surface area contributed by atoms with Crippen molar-refractivity contribution >= 4 is 23.1 Å². The van der Waals surface area contributed by atoms with Crippen molar-refractivity contribution in [3.63, 3.8) is 0 Å². The minimum atomic E-state index is -0.455. The number of carbonyl (C=O) groups is 1. The standard InChI is InChI=1S/C31H37N3O4/c1-31(2,3)38-30(37)34-17-14-20(15-18-34)13-16-32-19-21-7-9-22(10-8-21)27-26(35)12-11-25-28(27)23-5-4-6-24(23)29(36)33-25/h4-5,7-12,20,32,35H,6,13-19H2,1-3H3,(H,33,36). The van der Waals surface area contributed by atoms with E-state index >= 15 is 0 Å². The number of hydrogen-bond donors (Lipinski definition) is 3. The zero-order valence-electron chi connectivity index (χ0n) is 22.5. The van der Waals surface area contributed by atoms with Crippen LogP contribution in [0.4, 0.5) is 4.79 Å². The number of phenols is 1. The average molecular weight is 516 g/mol. The Bertz CT molecular complexity index is 1410. The number of nitrogens with zero attached hydrogens (tertiary/aromatic N) is 1. The van der Waals surface area contributed by atoms with Gasteiger partial charge in [-0.05, 0) is 87.7 Å². The molecule has 1 aliphatic heterocycles. The summed E-state index contributed by atoms with van der Waals surface area (Å²) < 4.78 is 5.49. The third-order valence-electron chi connectivity index (χ3n) is 7.47. The third kappa shape index (κ3) is 5.63. The molecule has 0 spiro atoms. The monoisotopic (exact) mass is 515 g/mol. The zero-order chi connectivity index (χ0) is 26.9. The summed E-state index contributed by atoms with van der Waals surface area (Å²) in [7, 11) is 0. The number of pyridine rings is 1. The van der Waals surface area contributed by atoms with Crippen molar-refractivity contribution in [1.29, 1.82) is 0 Å². The van der Waals surface area contributed by atoms with Crippen molar-refractivity contribution in [1.82, 2.24) is 15.2 Å². The number of carbonyl (C=O) groups excluding carboxylic acids is 1. The summed E-state index contributed by atoms with van der Waals surface area (Å²) in [5, 5.41) is 15.2. The van der Waals surface area contributed by atoms with Crippen molar-refractivity contribution < 1.29 is 14.6 Å². The molecular weight excluding hydrogens is 478 g/mol. The van der Waals surface area contributed by atoms with Crippen molar-refractivity contribution in [3.05, 3.63) is 69.5 Å². The largest absolute Gasteiger partial charge is 0.507 e. The van der Waals surface area contributed by atoms with Crippen LogP contribution in [0.5, 0.6) is 5.75 Å². The number of allylic oxidation sites excluding steroid dienone is 1. The van der Waals surface area contributed by atoms with E-state index in [1.165, 1.54) is 5.56 Å². The topological polar surface area (TPSA) is 94.7 Å². The molecule has 1 aromatic heterocycles. The van der Waals surface area contributed by atoms with Gasteiger partial charge in [-0.25, -0.2) is 4.79 Å². The highest BCUT2D eigenvalue weighted by molar-refractivity contribution is 6.04. The lowest BCUT2D eigenvalue weighted by molar-refractivity contribution is 0.0181. The van der Waals surface area contributed by atoms with E-state index in [1.807, 2.05) is 50.0 Å². The molecule has 38 heavy (non-hydrogen) atoms. The number of amides is 1. The zero-order valence-corrected chi connectivity index (χ0v) is 22.5. The molecule has 0 unspecified atom stereocenters. The van der Waals surface area contributed by atoms with E-state index < -0.39 is 5.60 Å². The number of ether oxygens (including phenoxy) is 1. The Morgan fingerprint density at radius 2 is 1.87 bits per heavy atom. The molecule has 1 fully saturated rings. The maximum absolute atomic E-state index is 12.4. The van der Waals surface area contributed by atoms with Crippen LogP contribution in [0.2, 0.25) is 0 Å². The highest BCUT2D eigenvalue weighted by atomic mass is 16.6. The van der Waals surface area contributed by atoms with Gasteiger partial charge >= 0.3 is 6.09 Å². The van der Waals surface area contributed by atoms with Crippen LogP contribution in [0, 0.1) is 5.92 Å². The summed E-state index contributed by atoms with van der Waals surface area (Å²) in [6, 6.07) is 11.7. The fourth-order valence-corrected chi connectivity index (χ4v) is 5.48. The Labute approximate surface area is 223 Å². The van der Waals surface area contributed by atoms with Gasteiger partial charge in [0.15, 0.2) is 0 Å². The number of nitrogens with one attached hydrogen (secondary N) is 2. The number of rotatable bonds is 6. The maximum Gasteiger partial charge on any atom is 0.410 e. The van der Waals surface area contributed by atoms with Crippen molar-refractivity contribution in [3.8, 4) is 16.9 Å². The third-order valence-corrected chi connectivity index (χ3v) is 7.47. The van der Waals surface area contributed by atoms with Crippen molar-refractivity contribution in [2.24, 2.45) is 5.92 Å². The highest BCUT2D eigenvalue weighted by Crippen LogP contribution is 2.39. The summed E-state index contributed by atoms with van der Waals surface area (Å²) in [5.74, 6) is 0.816. The predicted molar refractivity (Wildman–Crippen MR) is 151 cm³/mol. The number of aromatic hydroxyl groups is 1. The van der Waals surface area contributed by atoms with E-state index in [1.54, 1.807) is 12.1 Å². The predicted octanol–water partition coefficient (Wildman–Crippen LogP) is 5.60. The molecular formula is C31H37N3O4. The van der Waals surface area contributed by atoms with Crippen LogP contribution < -0.4 is 10.9 Å². The number of aromatic nitrogens is 1. The SMILES string of the molecule is CC(C)(C)OC(=O)N1CCC(CCNCc2ccc(-c3c(O)ccc4[nH]c(=O)c5c(c34)C=CC5)cc2)CC1. The van der Waals surface area contributed by atoms with E-state index in [9.17, 15) is 14.7 Å². The summed E-state index contributed by atoms with van der Waals surface area (Å²) in [6.07, 6.45) is 7.48. The molecule has 2 aromatic carbocycles. The van der Waals surface area contributed by atoms with E-state index in [4.69, 9.17) is 4.74 Å². The van der Waals surface area contributed by atoms with Gasteiger partial charge in [0.05, 0.1) is 0 Å². The van der Waals surface area contributed by atoms with Gasteiger partial charge in [-0.2, -0.15) is 0 Å². The van der Waals surface area contributed by atoms with Crippen LogP contribution in [0.25, 0.3) is 28.1 Å². The summed E-state index contributed by atoms with van der Waals surface area (Å²) in [6.45, 7) is 8.91. The van der Waals surface area contributed by atoms with Gasteiger partial charge in [0.1, 0.15) is 11.4 Å². The fourth-order valence-electron chi connectivity index (χ4n) is 5.48. The normalized spacial score (nSPS) is 15.7. The maximum atomic E-state index is 12.4. The van der Waals surface area contributed by atoms with E-state index in [0.29, 0.717) is 12.3 Å². The summed E-state index contributed by atoms with van der Waals surface area (Å²) >= 11 is 0. The second kappa shape index (κ2) is 10.7. The molecule has 1 saturated heterocycles. The Hall–Kier alpha value is -3.58. The van der Waals surface area contributed by atoms with Gasteiger partial charge in [0, 0.05) is 41.7 Å². The quantitative estimate of drug-likeness (QED) is 0.372. The first kappa shape index (κ1) is 26.0. The molecule has 0 atom stereocenters. The number of phenolic OH excluding ortho intramolecular Hbond substituents is 1. The Morgan fingerprint density at radius 3 is 2.58 bits per heavy atom. The second-order valence-corrected chi connectivity index (χ2v) is 11.4. The Balaban J connectivity index is 1.16. The highest BCUT2D eigenvalue weighted by Gasteiger charge is 2.26. The first-order chi connectivity index (χ1) is 18.2. The number of hydrogen-bond acceptors (Lipinski definition) is 5. The number of piperidine rings is 1. The van der Waals surface area contributed by atoms with E-state index in [2.05, 4.69) is 22.4 Å². The second-order valence-electron chi connectivity index (χ2n) is 11.4. The molecule has 2 heterocycles. The van der Waals surface area contributed by atoms with Crippen LogP contribution in [0.15, 0.2) is 47.3 Å². The number of H-pyrrole nitrogens is 1. The number of fused-ring (bicyclic) bond motifs is 3. The molecule has 1 amide bonds.